The zero-order valence-electron chi connectivity index (χ0n) is 6.54. The lowest BCUT2D eigenvalue weighted by Crippen LogP contribution is -1.85. The highest BCUT2D eigenvalue weighted by atomic mass is 33.8. The van der Waals surface area contributed by atoms with Gasteiger partial charge in [-0.15, -0.1) is 23.3 Å². The van der Waals surface area contributed by atoms with Gasteiger partial charge in [0.25, 0.3) is 0 Å². The lowest BCUT2D eigenvalue weighted by Gasteiger charge is -2.26. The summed E-state index contributed by atoms with van der Waals surface area (Å²) >= 11 is 9.02. The fourth-order valence-electron chi connectivity index (χ4n) is 0.542. The summed E-state index contributed by atoms with van der Waals surface area (Å²) in [6.45, 7) is 4.37. The zero-order chi connectivity index (χ0) is 8.04. The molecule has 0 amide bonds. The Bertz CT molecular complexity index is 81.8. The zero-order valence-corrected chi connectivity index (χ0v) is 9.96. The van der Waals surface area contributed by atoms with Crippen molar-refractivity contribution < 1.29 is 0 Å². The molecule has 0 aromatic carbocycles. The minimum absolute atomic E-state index is 0.888. The number of hydrogen-bond acceptors (Lipinski definition) is 3. The minimum atomic E-state index is -0.888. The maximum atomic E-state index is 4.51. The van der Waals surface area contributed by atoms with E-state index in [9.17, 15) is 0 Å². The Morgan fingerprint density at radius 3 is 2.20 bits per heavy atom. The standard InChI is InChI=1S/C6H16S4/c1-3-5-9-10(7,8)6-4-2/h7-8H,3-6H2,1-2H3. The number of rotatable bonds is 5. The van der Waals surface area contributed by atoms with Crippen molar-refractivity contribution in [3.8, 4) is 0 Å². The largest absolute Gasteiger partial charge is 0.112 e. The summed E-state index contributed by atoms with van der Waals surface area (Å²) in [6.07, 6.45) is 2.42. The molecule has 0 spiro atoms. The summed E-state index contributed by atoms with van der Waals surface area (Å²) in [5.41, 5.74) is 0. The van der Waals surface area contributed by atoms with Gasteiger partial charge in [0.2, 0.25) is 0 Å². The Balaban J connectivity index is 3.42. The first-order valence-electron chi connectivity index (χ1n) is 3.52. The van der Waals surface area contributed by atoms with E-state index in [-0.39, 0.29) is 0 Å². The molecule has 0 rings (SSSR count). The third-order valence-corrected chi connectivity index (χ3v) is 7.96. The van der Waals surface area contributed by atoms with Gasteiger partial charge in [-0.2, -0.15) is 0 Å². The monoisotopic (exact) mass is 216 g/mol. The molecule has 0 heterocycles. The van der Waals surface area contributed by atoms with Crippen molar-refractivity contribution in [1.29, 1.82) is 0 Å². The van der Waals surface area contributed by atoms with Gasteiger partial charge in [0.1, 0.15) is 0 Å². The minimum Gasteiger partial charge on any atom is -0.112 e. The molecule has 0 atom stereocenters. The molecule has 0 unspecified atom stereocenters. The molecule has 0 aromatic rings. The Kier molecular flexibility index (Phi) is 6.81. The van der Waals surface area contributed by atoms with Crippen molar-refractivity contribution in [2.45, 2.75) is 26.7 Å². The van der Waals surface area contributed by atoms with Crippen LogP contribution < -0.4 is 0 Å². The molecule has 0 aliphatic carbocycles. The fraction of sp³-hybridized carbons (Fsp3) is 1.00. The van der Waals surface area contributed by atoms with E-state index in [4.69, 9.17) is 0 Å². The van der Waals surface area contributed by atoms with E-state index in [0.717, 1.165) is 5.75 Å². The first-order chi connectivity index (χ1) is 4.62. The average Bonchev–Trinajstić information content (AvgIpc) is 1.84. The molecule has 0 radical (unpaired) electrons. The lowest BCUT2D eigenvalue weighted by molar-refractivity contribution is 1.10. The average molecular weight is 216 g/mol. The van der Waals surface area contributed by atoms with E-state index < -0.39 is 7.12 Å². The van der Waals surface area contributed by atoms with Crippen molar-refractivity contribution >= 4 is 41.2 Å². The van der Waals surface area contributed by atoms with E-state index in [0.29, 0.717) is 0 Å². The fourth-order valence-corrected chi connectivity index (χ4v) is 6.22. The van der Waals surface area contributed by atoms with Gasteiger partial charge in [-0.3, -0.25) is 0 Å². The van der Waals surface area contributed by atoms with Crippen molar-refractivity contribution in [1.82, 2.24) is 0 Å². The first-order valence-corrected chi connectivity index (χ1v) is 8.93. The lowest BCUT2D eigenvalue weighted by atomic mass is 10.6. The third-order valence-electron chi connectivity index (χ3n) is 0.946. The van der Waals surface area contributed by atoms with Crippen LogP contribution in [0.2, 0.25) is 0 Å². The molecule has 0 aliphatic heterocycles. The Hall–Kier alpha value is 1.40. The van der Waals surface area contributed by atoms with Crippen LogP contribution in [0.5, 0.6) is 0 Å². The molecular weight excluding hydrogens is 200 g/mol. The van der Waals surface area contributed by atoms with Crippen molar-refractivity contribution in [2.75, 3.05) is 11.5 Å². The van der Waals surface area contributed by atoms with Crippen LogP contribution in [0.15, 0.2) is 0 Å². The van der Waals surface area contributed by atoms with Gasteiger partial charge >= 0.3 is 0 Å². The van der Waals surface area contributed by atoms with E-state index in [1.54, 1.807) is 0 Å². The van der Waals surface area contributed by atoms with Crippen LogP contribution in [0.25, 0.3) is 0 Å². The van der Waals surface area contributed by atoms with Crippen LogP contribution >= 0.6 is 41.2 Å². The van der Waals surface area contributed by atoms with Crippen LogP contribution in [-0.2, 0) is 0 Å². The van der Waals surface area contributed by atoms with Gasteiger partial charge in [0.15, 0.2) is 0 Å². The maximum Gasteiger partial charge on any atom is 0.00341 e. The summed E-state index contributed by atoms with van der Waals surface area (Å²) in [6, 6.07) is 0. The van der Waals surface area contributed by atoms with Crippen LogP contribution in [0.3, 0.4) is 0 Å². The van der Waals surface area contributed by atoms with Crippen LogP contribution in [0, 0.1) is 0 Å². The van der Waals surface area contributed by atoms with Gasteiger partial charge in [-0.1, -0.05) is 31.8 Å². The predicted octanol–water partition coefficient (Wildman–Crippen LogP) is 3.95. The molecule has 64 valence electrons. The Morgan fingerprint density at radius 1 is 1.20 bits per heavy atom. The van der Waals surface area contributed by atoms with E-state index in [1.807, 2.05) is 10.8 Å². The smallest absolute Gasteiger partial charge is 0.00341 e. The van der Waals surface area contributed by atoms with E-state index in [2.05, 4.69) is 37.2 Å². The van der Waals surface area contributed by atoms with Gasteiger partial charge in [0, 0.05) is 11.5 Å². The molecule has 0 aromatic heterocycles. The molecule has 0 aliphatic rings. The molecule has 0 bridgehead atoms. The first kappa shape index (κ1) is 11.4. The predicted molar refractivity (Wildman–Crippen MR) is 63.5 cm³/mol. The van der Waals surface area contributed by atoms with Crippen LogP contribution in [0.4, 0.5) is 0 Å². The highest BCUT2D eigenvalue weighted by molar-refractivity contribution is 9.43. The molecule has 10 heavy (non-hydrogen) atoms. The topological polar surface area (TPSA) is 0 Å². The summed E-state index contributed by atoms with van der Waals surface area (Å²) < 4.78 is 0. The van der Waals surface area contributed by atoms with Crippen molar-refractivity contribution in [3.63, 3.8) is 0 Å². The number of hydrogen-bond donors (Lipinski definition) is 2. The summed E-state index contributed by atoms with van der Waals surface area (Å²) in [4.78, 5) is 0. The Morgan fingerprint density at radius 2 is 1.80 bits per heavy atom. The summed E-state index contributed by atoms with van der Waals surface area (Å²) in [7, 11) is 1.03. The highest BCUT2D eigenvalue weighted by Crippen LogP contribution is 2.68. The van der Waals surface area contributed by atoms with Gasteiger partial charge in [-0.05, 0) is 12.8 Å². The third kappa shape index (κ3) is 6.13. The van der Waals surface area contributed by atoms with Gasteiger partial charge in [0.05, 0.1) is 0 Å². The summed E-state index contributed by atoms with van der Waals surface area (Å²) in [5.74, 6) is 2.35. The number of thiol groups is 2. The maximum absolute atomic E-state index is 4.51. The summed E-state index contributed by atoms with van der Waals surface area (Å²) in [5, 5.41) is 0. The molecule has 0 saturated heterocycles. The second-order valence-corrected chi connectivity index (χ2v) is 12.9. The Labute approximate surface area is 79.3 Å². The quantitative estimate of drug-likeness (QED) is 0.518. The van der Waals surface area contributed by atoms with Gasteiger partial charge < -0.3 is 0 Å². The second kappa shape index (κ2) is 5.98. The highest BCUT2D eigenvalue weighted by Gasteiger charge is 2.11. The normalized spacial score (nSPS) is 13.6. The molecule has 4 heteroatoms. The van der Waals surface area contributed by atoms with Crippen molar-refractivity contribution in [3.05, 3.63) is 0 Å². The van der Waals surface area contributed by atoms with Crippen LogP contribution in [0.1, 0.15) is 26.7 Å². The van der Waals surface area contributed by atoms with Gasteiger partial charge in [-0.25, -0.2) is 0 Å². The van der Waals surface area contributed by atoms with E-state index in [1.165, 1.54) is 18.6 Å². The SMILES string of the molecule is CCCSS(S)(S)CCC. The molecule has 0 fully saturated rings. The molecule has 0 nitrogen and oxygen atoms in total. The molecule has 0 saturated carbocycles. The molecule has 0 N–H and O–H groups in total. The second-order valence-electron chi connectivity index (χ2n) is 2.13. The van der Waals surface area contributed by atoms with Crippen LogP contribution in [-0.4, -0.2) is 11.5 Å². The molecular formula is C6H16S4. The van der Waals surface area contributed by atoms with Crippen molar-refractivity contribution in [2.24, 2.45) is 0 Å². The van der Waals surface area contributed by atoms with E-state index >= 15 is 0 Å².